The summed E-state index contributed by atoms with van der Waals surface area (Å²) in [6, 6.07) is 4.50. The lowest BCUT2D eigenvalue weighted by atomic mass is 9.83. The van der Waals surface area contributed by atoms with Crippen LogP contribution in [0.1, 0.15) is 31.4 Å². The standard InChI is InChI=1S/C11H15N3/c1-14-7-4-10(13-14)8-11(9-12)5-2-3-6-11/h4,7H,2-3,5-6,8H2,1H3. The van der Waals surface area contributed by atoms with Gasteiger partial charge in [0.15, 0.2) is 0 Å². The van der Waals surface area contributed by atoms with E-state index < -0.39 is 0 Å². The molecule has 0 aromatic carbocycles. The predicted molar refractivity (Wildman–Crippen MR) is 53.4 cm³/mol. The highest BCUT2D eigenvalue weighted by atomic mass is 15.2. The maximum atomic E-state index is 9.20. The molecule has 2 rings (SSSR count). The largest absolute Gasteiger partial charge is 0.276 e. The summed E-state index contributed by atoms with van der Waals surface area (Å²) in [5.74, 6) is 0. The van der Waals surface area contributed by atoms with Gasteiger partial charge in [-0.15, -0.1) is 0 Å². The highest BCUT2D eigenvalue weighted by Gasteiger charge is 2.34. The maximum Gasteiger partial charge on any atom is 0.0693 e. The Bertz CT molecular complexity index is 353. The fourth-order valence-electron chi connectivity index (χ4n) is 2.28. The van der Waals surface area contributed by atoms with E-state index in [1.165, 1.54) is 12.8 Å². The van der Waals surface area contributed by atoms with E-state index in [0.29, 0.717) is 0 Å². The lowest BCUT2D eigenvalue weighted by Crippen LogP contribution is -2.17. The average Bonchev–Trinajstić information content (AvgIpc) is 2.77. The van der Waals surface area contributed by atoms with E-state index in [1.54, 1.807) is 4.68 Å². The minimum atomic E-state index is -0.117. The minimum Gasteiger partial charge on any atom is -0.276 e. The molecular formula is C11H15N3. The van der Waals surface area contributed by atoms with Crippen molar-refractivity contribution >= 4 is 0 Å². The molecule has 1 aromatic rings. The molecule has 0 bridgehead atoms. The van der Waals surface area contributed by atoms with Crippen LogP contribution in [0.4, 0.5) is 0 Å². The van der Waals surface area contributed by atoms with Gasteiger partial charge in [0, 0.05) is 19.7 Å². The van der Waals surface area contributed by atoms with Gasteiger partial charge in [-0.2, -0.15) is 10.4 Å². The first-order valence-corrected chi connectivity index (χ1v) is 5.14. The summed E-state index contributed by atoms with van der Waals surface area (Å²) in [5.41, 5.74) is 0.935. The van der Waals surface area contributed by atoms with Gasteiger partial charge in [0.1, 0.15) is 0 Å². The van der Waals surface area contributed by atoms with Gasteiger partial charge in [-0.3, -0.25) is 4.68 Å². The summed E-state index contributed by atoms with van der Waals surface area (Å²) < 4.78 is 1.80. The van der Waals surface area contributed by atoms with Crippen LogP contribution in [-0.2, 0) is 13.5 Å². The molecule has 1 aromatic heterocycles. The summed E-state index contributed by atoms with van der Waals surface area (Å²) >= 11 is 0. The quantitative estimate of drug-likeness (QED) is 0.714. The van der Waals surface area contributed by atoms with Crippen molar-refractivity contribution in [3.63, 3.8) is 0 Å². The van der Waals surface area contributed by atoms with Crippen molar-refractivity contribution in [3.8, 4) is 6.07 Å². The Labute approximate surface area is 84.3 Å². The first-order chi connectivity index (χ1) is 6.74. The lowest BCUT2D eigenvalue weighted by molar-refractivity contribution is 0.401. The van der Waals surface area contributed by atoms with E-state index in [2.05, 4.69) is 11.2 Å². The van der Waals surface area contributed by atoms with Gasteiger partial charge in [0.25, 0.3) is 0 Å². The van der Waals surface area contributed by atoms with Gasteiger partial charge in [-0.05, 0) is 18.9 Å². The third-order valence-electron chi connectivity index (χ3n) is 3.09. The molecule has 74 valence electrons. The monoisotopic (exact) mass is 189 g/mol. The van der Waals surface area contributed by atoms with Crippen LogP contribution in [0.25, 0.3) is 0 Å². The van der Waals surface area contributed by atoms with Gasteiger partial charge in [0.2, 0.25) is 0 Å². The molecule has 0 spiro atoms. The molecular weight excluding hydrogens is 174 g/mol. The number of nitrogens with zero attached hydrogens (tertiary/aromatic N) is 3. The molecule has 0 amide bonds. The third kappa shape index (κ3) is 1.65. The molecule has 0 atom stereocenters. The van der Waals surface area contributed by atoms with Crippen molar-refractivity contribution < 1.29 is 0 Å². The second-order valence-corrected chi connectivity index (χ2v) is 4.26. The molecule has 14 heavy (non-hydrogen) atoms. The fourth-order valence-corrected chi connectivity index (χ4v) is 2.28. The Morgan fingerprint density at radius 2 is 2.29 bits per heavy atom. The zero-order chi connectivity index (χ0) is 10.0. The first-order valence-electron chi connectivity index (χ1n) is 5.14. The number of rotatable bonds is 2. The SMILES string of the molecule is Cn1ccc(CC2(C#N)CCCC2)n1. The van der Waals surface area contributed by atoms with Crippen molar-refractivity contribution in [2.75, 3.05) is 0 Å². The number of hydrogen-bond acceptors (Lipinski definition) is 2. The van der Waals surface area contributed by atoms with Gasteiger partial charge in [-0.25, -0.2) is 0 Å². The molecule has 1 fully saturated rings. The van der Waals surface area contributed by atoms with Gasteiger partial charge < -0.3 is 0 Å². The normalized spacial score (nSPS) is 19.4. The molecule has 0 aliphatic heterocycles. The van der Waals surface area contributed by atoms with Crippen molar-refractivity contribution in [1.29, 1.82) is 5.26 Å². The fraction of sp³-hybridized carbons (Fsp3) is 0.636. The molecule has 0 N–H and O–H groups in total. The maximum absolute atomic E-state index is 9.20. The Morgan fingerprint density at radius 3 is 2.79 bits per heavy atom. The van der Waals surface area contributed by atoms with Crippen molar-refractivity contribution in [2.24, 2.45) is 12.5 Å². The van der Waals surface area contributed by atoms with E-state index in [-0.39, 0.29) is 5.41 Å². The van der Waals surface area contributed by atoms with Crippen LogP contribution < -0.4 is 0 Å². The highest BCUT2D eigenvalue weighted by molar-refractivity contribution is 5.11. The summed E-state index contributed by atoms with van der Waals surface area (Å²) in [6.45, 7) is 0. The molecule has 1 aliphatic rings. The first kappa shape index (κ1) is 9.26. The smallest absolute Gasteiger partial charge is 0.0693 e. The molecule has 1 heterocycles. The van der Waals surface area contributed by atoms with Crippen LogP contribution in [0.2, 0.25) is 0 Å². The minimum absolute atomic E-state index is 0.117. The van der Waals surface area contributed by atoms with Gasteiger partial charge in [0.05, 0.1) is 17.2 Å². The van der Waals surface area contributed by atoms with Crippen LogP contribution in [-0.4, -0.2) is 9.78 Å². The summed E-state index contributed by atoms with van der Waals surface area (Å²) in [5, 5.41) is 13.5. The third-order valence-corrected chi connectivity index (χ3v) is 3.09. The Balaban J connectivity index is 2.13. The van der Waals surface area contributed by atoms with Crippen LogP contribution in [0.15, 0.2) is 12.3 Å². The molecule has 0 radical (unpaired) electrons. The van der Waals surface area contributed by atoms with Gasteiger partial charge in [-0.1, -0.05) is 12.8 Å². The molecule has 0 saturated heterocycles. The topological polar surface area (TPSA) is 41.6 Å². The van der Waals surface area contributed by atoms with Gasteiger partial charge >= 0.3 is 0 Å². The lowest BCUT2D eigenvalue weighted by Gasteiger charge is -2.17. The van der Waals surface area contributed by atoms with Crippen molar-refractivity contribution in [2.45, 2.75) is 32.1 Å². The van der Waals surface area contributed by atoms with Crippen molar-refractivity contribution in [3.05, 3.63) is 18.0 Å². The number of nitriles is 1. The summed E-state index contributed by atoms with van der Waals surface area (Å²) in [6.07, 6.45) is 7.24. The van der Waals surface area contributed by atoms with Crippen LogP contribution in [0.3, 0.4) is 0 Å². The van der Waals surface area contributed by atoms with E-state index in [0.717, 1.165) is 25.0 Å². The Hall–Kier alpha value is -1.30. The zero-order valence-corrected chi connectivity index (χ0v) is 8.53. The van der Waals surface area contributed by atoms with Crippen molar-refractivity contribution in [1.82, 2.24) is 9.78 Å². The summed E-state index contributed by atoms with van der Waals surface area (Å²) in [7, 11) is 1.91. The van der Waals surface area contributed by atoms with E-state index in [9.17, 15) is 5.26 Å². The van der Waals surface area contributed by atoms with E-state index in [4.69, 9.17) is 0 Å². The molecule has 0 unspecified atom stereocenters. The molecule has 3 heteroatoms. The Morgan fingerprint density at radius 1 is 1.57 bits per heavy atom. The molecule has 1 aliphatic carbocycles. The average molecular weight is 189 g/mol. The Kier molecular flexibility index (Phi) is 2.28. The second kappa shape index (κ2) is 3.45. The number of hydrogen-bond donors (Lipinski definition) is 0. The number of aryl methyl sites for hydroxylation is 1. The van der Waals surface area contributed by atoms with Crippen LogP contribution >= 0.6 is 0 Å². The highest BCUT2D eigenvalue weighted by Crippen LogP contribution is 2.39. The molecule has 1 saturated carbocycles. The summed E-state index contributed by atoms with van der Waals surface area (Å²) in [4.78, 5) is 0. The molecule has 3 nitrogen and oxygen atoms in total. The van der Waals surface area contributed by atoms with Crippen LogP contribution in [0, 0.1) is 16.7 Å². The predicted octanol–water partition coefficient (Wildman–Crippen LogP) is 2.05. The van der Waals surface area contributed by atoms with E-state index in [1.807, 2.05) is 19.3 Å². The van der Waals surface area contributed by atoms with Crippen LogP contribution in [0.5, 0.6) is 0 Å². The van der Waals surface area contributed by atoms with E-state index >= 15 is 0 Å². The second-order valence-electron chi connectivity index (χ2n) is 4.26. The zero-order valence-electron chi connectivity index (χ0n) is 8.53. The number of aromatic nitrogens is 2.